The quantitative estimate of drug-likeness (QED) is 0.649. The molecule has 1 atom stereocenters. The second kappa shape index (κ2) is 5.51. The summed E-state index contributed by atoms with van der Waals surface area (Å²) in [5, 5.41) is 1.10. The lowest BCUT2D eigenvalue weighted by molar-refractivity contribution is 0.0137. The standard InChI is InChI=1S/C17H22BrN3O2/c1-10-8-13-12(9-21(10)16(22)23-17(2,3)4)11-6-7-14(18)19-15(11)20(13)5/h6-7,10H,8-9H2,1-5H3. The number of ether oxygens (including phenoxy) is 1. The summed E-state index contributed by atoms with van der Waals surface area (Å²) in [5.74, 6) is 0. The largest absolute Gasteiger partial charge is 0.444 e. The molecule has 124 valence electrons. The van der Waals surface area contributed by atoms with Gasteiger partial charge in [0.25, 0.3) is 0 Å². The minimum absolute atomic E-state index is 0.101. The van der Waals surface area contributed by atoms with E-state index in [1.165, 1.54) is 11.3 Å². The molecule has 1 amide bonds. The Morgan fingerprint density at radius 2 is 2.09 bits per heavy atom. The molecule has 0 bridgehead atoms. The molecule has 3 heterocycles. The molecule has 2 aromatic rings. The van der Waals surface area contributed by atoms with Crippen molar-refractivity contribution in [3.05, 3.63) is 28.0 Å². The zero-order valence-electron chi connectivity index (χ0n) is 14.2. The number of aryl methyl sites for hydroxylation is 1. The Balaban J connectivity index is 2.00. The summed E-state index contributed by atoms with van der Waals surface area (Å²) in [4.78, 5) is 18.9. The summed E-state index contributed by atoms with van der Waals surface area (Å²) in [7, 11) is 2.04. The van der Waals surface area contributed by atoms with Crippen molar-refractivity contribution >= 4 is 33.1 Å². The van der Waals surface area contributed by atoms with Crippen LogP contribution in [0.15, 0.2) is 16.7 Å². The molecule has 5 nitrogen and oxygen atoms in total. The normalized spacial score (nSPS) is 18.2. The fourth-order valence-electron chi connectivity index (χ4n) is 3.12. The maximum absolute atomic E-state index is 12.5. The lowest BCUT2D eigenvalue weighted by atomic mass is 10.00. The van der Waals surface area contributed by atoms with Crippen LogP contribution in [0.25, 0.3) is 11.0 Å². The van der Waals surface area contributed by atoms with Crippen molar-refractivity contribution in [2.45, 2.75) is 52.3 Å². The number of pyridine rings is 1. The summed E-state index contributed by atoms with van der Waals surface area (Å²) in [6.45, 7) is 8.30. The number of aromatic nitrogens is 2. The van der Waals surface area contributed by atoms with Crippen LogP contribution in [-0.4, -0.2) is 32.2 Å². The summed E-state index contributed by atoms with van der Waals surface area (Å²) < 4.78 is 8.51. The number of rotatable bonds is 0. The van der Waals surface area contributed by atoms with E-state index in [2.05, 4.69) is 38.5 Å². The van der Waals surface area contributed by atoms with Gasteiger partial charge < -0.3 is 14.2 Å². The van der Waals surface area contributed by atoms with Crippen LogP contribution in [0.1, 0.15) is 39.0 Å². The minimum Gasteiger partial charge on any atom is -0.444 e. The van der Waals surface area contributed by atoms with Gasteiger partial charge in [0.05, 0.1) is 6.54 Å². The molecule has 0 saturated carbocycles. The molecule has 0 aromatic carbocycles. The number of hydrogen-bond acceptors (Lipinski definition) is 3. The summed E-state index contributed by atoms with van der Waals surface area (Å²) >= 11 is 3.43. The van der Waals surface area contributed by atoms with E-state index in [9.17, 15) is 4.79 Å². The number of carbonyl (C=O) groups is 1. The number of halogens is 1. The molecule has 3 rings (SSSR count). The van der Waals surface area contributed by atoms with E-state index in [1.54, 1.807) is 0 Å². The van der Waals surface area contributed by atoms with Gasteiger partial charge in [-0.15, -0.1) is 0 Å². The highest BCUT2D eigenvalue weighted by atomic mass is 79.9. The van der Waals surface area contributed by atoms with Crippen LogP contribution in [0.4, 0.5) is 4.79 Å². The van der Waals surface area contributed by atoms with Crippen molar-refractivity contribution in [3.63, 3.8) is 0 Å². The van der Waals surface area contributed by atoms with E-state index < -0.39 is 5.60 Å². The van der Waals surface area contributed by atoms with Gasteiger partial charge in [0.2, 0.25) is 0 Å². The Bertz CT molecular complexity index is 776. The lowest BCUT2D eigenvalue weighted by Gasteiger charge is -2.35. The molecule has 0 spiro atoms. The zero-order chi connectivity index (χ0) is 16.9. The summed E-state index contributed by atoms with van der Waals surface area (Å²) in [6, 6.07) is 4.11. The molecular weight excluding hydrogens is 358 g/mol. The van der Waals surface area contributed by atoms with Gasteiger partial charge in [0.1, 0.15) is 15.9 Å². The lowest BCUT2D eigenvalue weighted by Crippen LogP contribution is -2.45. The Morgan fingerprint density at radius 3 is 2.74 bits per heavy atom. The van der Waals surface area contributed by atoms with Crippen molar-refractivity contribution in [3.8, 4) is 0 Å². The molecule has 6 heteroatoms. The smallest absolute Gasteiger partial charge is 0.410 e. The number of amides is 1. The third-order valence-corrected chi connectivity index (χ3v) is 4.66. The number of hydrogen-bond donors (Lipinski definition) is 0. The van der Waals surface area contributed by atoms with Crippen LogP contribution in [0.3, 0.4) is 0 Å². The van der Waals surface area contributed by atoms with Gasteiger partial charge >= 0.3 is 6.09 Å². The van der Waals surface area contributed by atoms with E-state index in [0.29, 0.717) is 6.54 Å². The van der Waals surface area contributed by atoms with E-state index in [1.807, 2.05) is 38.8 Å². The predicted molar refractivity (Wildman–Crippen MR) is 93.4 cm³/mol. The fourth-order valence-corrected chi connectivity index (χ4v) is 3.42. The topological polar surface area (TPSA) is 47.4 Å². The Hall–Kier alpha value is -1.56. The molecule has 23 heavy (non-hydrogen) atoms. The summed E-state index contributed by atoms with van der Waals surface area (Å²) in [5.41, 5.74) is 2.88. The zero-order valence-corrected chi connectivity index (χ0v) is 15.8. The number of nitrogens with zero attached hydrogens (tertiary/aromatic N) is 3. The van der Waals surface area contributed by atoms with Crippen LogP contribution in [-0.2, 0) is 24.8 Å². The number of carbonyl (C=O) groups excluding carboxylic acids is 1. The van der Waals surface area contributed by atoms with Crippen molar-refractivity contribution < 1.29 is 9.53 Å². The first-order valence-electron chi connectivity index (χ1n) is 7.79. The third kappa shape index (κ3) is 2.96. The SMILES string of the molecule is CC1Cc2c(c3ccc(Br)nc3n2C)CN1C(=O)OC(C)(C)C. The van der Waals surface area contributed by atoms with Crippen LogP contribution < -0.4 is 0 Å². The molecule has 0 fully saturated rings. The van der Waals surface area contributed by atoms with Gasteiger partial charge in [-0.1, -0.05) is 0 Å². The van der Waals surface area contributed by atoms with E-state index >= 15 is 0 Å². The van der Waals surface area contributed by atoms with Crippen LogP contribution in [0.5, 0.6) is 0 Å². The maximum atomic E-state index is 12.5. The van der Waals surface area contributed by atoms with Crippen molar-refractivity contribution in [1.82, 2.24) is 14.5 Å². The first kappa shape index (κ1) is 16.3. The Kier molecular flexibility index (Phi) is 3.91. The molecule has 0 aliphatic carbocycles. The monoisotopic (exact) mass is 379 g/mol. The molecule has 0 radical (unpaired) electrons. The van der Waals surface area contributed by atoms with Gasteiger partial charge in [-0.25, -0.2) is 9.78 Å². The van der Waals surface area contributed by atoms with E-state index in [-0.39, 0.29) is 12.1 Å². The van der Waals surface area contributed by atoms with E-state index in [4.69, 9.17) is 4.74 Å². The van der Waals surface area contributed by atoms with Crippen LogP contribution >= 0.6 is 15.9 Å². The van der Waals surface area contributed by atoms with Crippen molar-refractivity contribution in [2.75, 3.05) is 0 Å². The van der Waals surface area contributed by atoms with Gasteiger partial charge in [0.15, 0.2) is 0 Å². The molecule has 1 aliphatic heterocycles. The molecule has 1 aliphatic rings. The second-order valence-corrected chi connectivity index (χ2v) is 7.96. The highest BCUT2D eigenvalue weighted by Gasteiger charge is 2.33. The Morgan fingerprint density at radius 1 is 1.39 bits per heavy atom. The molecule has 0 N–H and O–H groups in total. The first-order chi connectivity index (χ1) is 10.7. The van der Waals surface area contributed by atoms with Gasteiger partial charge in [-0.3, -0.25) is 0 Å². The summed E-state index contributed by atoms with van der Waals surface area (Å²) in [6.07, 6.45) is 0.553. The highest BCUT2D eigenvalue weighted by Crippen LogP contribution is 2.33. The van der Waals surface area contributed by atoms with Gasteiger partial charge in [-0.2, -0.15) is 0 Å². The minimum atomic E-state index is -0.484. The van der Waals surface area contributed by atoms with E-state index in [0.717, 1.165) is 22.1 Å². The predicted octanol–water partition coefficient (Wildman–Crippen LogP) is 4.02. The highest BCUT2D eigenvalue weighted by molar-refractivity contribution is 9.10. The van der Waals surface area contributed by atoms with Crippen molar-refractivity contribution in [1.29, 1.82) is 0 Å². The Labute approximate surface area is 144 Å². The average molecular weight is 380 g/mol. The third-order valence-electron chi connectivity index (χ3n) is 4.21. The van der Waals surface area contributed by atoms with Crippen molar-refractivity contribution in [2.24, 2.45) is 7.05 Å². The molecule has 1 unspecified atom stereocenters. The molecule has 0 saturated heterocycles. The number of fused-ring (bicyclic) bond motifs is 3. The van der Waals surface area contributed by atoms with Gasteiger partial charge in [-0.05, 0) is 55.8 Å². The first-order valence-corrected chi connectivity index (χ1v) is 8.59. The fraction of sp³-hybridized carbons (Fsp3) is 0.529. The van der Waals surface area contributed by atoms with Gasteiger partial charge in [0, 0.05) is 36.2 Å². The maximum Gasteiger partial charge on any atom is 0.410 e. The second-order valence-electron chi connectivity index (χ2n) is 7.15. The van der Waals surface area contributed by atoms with Crippen LogP contribution in [0.2, 0.25) is 0 Å². The van der Waals surface area contributed by atoms with Crippen LogP contribution in [0, 0.1) is 0 Å². The molecule has 2 aromatic heterocycles. The average Bonchev–Trinajstić information content (AvgIpc) is 2.69. The molecular formula is C17H22BrN3O2.